The lowest BCUT2D eigenvalue weighted by Crippen LogP contribution is -2.09. The van der Waals surface area contributed by atoms with E-state index in [0.29, 0.717) is 5.69 Å². The van der Waals surface area contributed by atoms with E-state index >= 15 is 0 Å². The smallest absolute Gasteiger partial charge is 0.229 e. The second-order valence-electron chi connectivity index (χ2n) is 5.79. The first-order valence-electron chi connectivity index (χ1n) is 7.57. The fourth-order valence-electron chi connectivity index (χ4n) is 2.76. The number of sulfonamides is 1. The van der Waals surface area contributed by atoms with Crippen molar-refractivity contribution in [3.8, 4) is 22.3 Å². The number of H-pyrrole nitrogens is 1. The van der Waals surface area contributed by atoms with E-state index in [4.69, 9.17) is 4.42 Å². The van der Waals surface area contributed by atoms with Crippen molar-refractivity contribution in [2.24, 2.45) is 0 Å². The van der Waals surface area contributed by atoms with Gasteiger partial charge < -0.3 is 9.40 Å². The van der Waals surface area contributed by atoms with Gasteiger partial charge in [-0.2, -0.15) is 0 Å². The Bertz CT molecular complexity index is 1130. The van der Waals surface area contributed by atoms with Gasteiger partial charge >= 0.3 is 0 Å². The molecule has 0 unspecified atom stereocenters. The summed E-state index contributed by atoms with van der Waals surface area (Å²) in [6, 6.07) is 11.1. The minimum atomic E-state index is -3.28. The van der Waals surface area contributed by atoms with E-state index in [0.717, 1.165) is 39.5 Å². The Morgan fingerprint density at radius 2 is 1.88 bits per heavy atom. The molecule has 25 heavy (non-hydrogen) atoms. The van der Waals surface area contributed by atoms with E-state index in [-0.39, 0.29) is 0 Å². The van der Waals surface area contributed by atoms with Gasteiger partial charge in [0.05, 0.1) is 18.8 Å². The molecule has 4 rings (SSSR count). The molecule has 126 valence electrons. The van der Waals surface area contributed by atoms with Crippen LogP contribution >= 0.6 is 0 Å². The molecule has 3 aromatic heterocycles. The highest BCUT2D eigenvalue weighted by molar-refractivity contribution is 7.92. The molecular weight excluding hydrogens is 338 g/mol. The van der Waals surface area contributed by atoms with Gasteiger partial charge in [-0.3, -0.25) is 4.72 Å². The zero-order valence-corrected chi connectivity index (χ0v) is 14.2. The van der Waals surface area contributed by atoms with Crippen LogP contribution in [-0.4, -0.2) is 24.6 Å². The fourth-order valence-corrected chi connectivity index (χ4v) is 3.33. The molecule has 0 amide bonds. The summed E-state index contributed by atoms with van der Waals surface area (Å²) < 4.78 is 30.2. The average Bonchev–Trinajstić information content (AvgIpc) is 3.22. The van der Waals surface area contributed by atoms with E-state index in [9.17, 15) is 8.42 Å². The predicted octanol–water partition coefficient (Wildman–Crippen LogP) is 3.86. The van der Waals surface area contributed by atoms with Crippen molar-refractivity contribution < 1.29 is 12.8 Å². The van der Waals surface area contributed by atoms with E-state index in [1.165, 1.54) is 0 Å². The summed E-state index contributed by atoms with van der Waals surface area (Å²) >= 11 is 0. The lowest BCUT2D eigenvalue weighted by atomic mass is 10.0. The minimum absolute atomic E-state index is 0.529. The summed E-state index contributed by atoms with van der Waals surface area (Å²) in [5.41, 5.74) is 5.23. The highest BCUT2D eigenvalue weighted by atomic mass is 32.2. The number of hydrogen-bond donors (Lipinski definition) is 2. The molecule has 2 N–H and O–H groups in total. The normalized spacial score (nSPS) is 11.7. The molecule has 0 fully saturated rings. The van der Waals surface area contributed by atoms with Crippen molar-refractivity contribution >= 4 is 26.7 Å². The molecule has 3 heterocycles. The molecule has 1 aromatic carbocycles. The number of pyridine rings is 1. The molecule has 0 bridgehead atoms. The molecule has 0 radical (unpaired) electrons. The van der Waals surface area contributed by atoms with Gasteiger partial charge in [0.25, 0.3) is 0 Å². The maximum Gasteiger partial charge on any atom is 0.229 e. The van der Waals surface area contributed by atoms with Gasteiger partial charge in [-0.25, -0.2) is 13.4 Å². The Labute approximate surface area is 144 Å². The number of aromatic nitrogens is 2. The number of anilines is 1. The maximum absolute atomic E-state index is 11.3. The summed E-state index contributed by atoms with van der Waals surface area (Å²) in [6.45, 7) is 0. The molecular formula is C18H15N3O3S. The van der Waals surface area contributed by atoms with Crippen LogP contribution < -0.4 is 4.72 Å². The molecule has 0 aliphatic carbocycles. The number of rotatable bonds is 4. The predicted molar refractivity (Wildman–Crippen MR) is 97.7 cm³/mol. The van der Waals surface area contributed by atoms with Crippen LogP contribution in [0, 0.1) is 0 Å². The summed E-state index contributed by atoms with van der Waals surface area (Å²) in [4.78, 5) is 7.63. The van der Waals surface area contributed by atoms with Crippen molar-refractivity contribution in [1.29, 1.82) is 0 Å². The third-order valence-electron chi connectivity index (χ3n) is 3.88. The maximum atomic E-state index is 11.3. The van der Waals surface area contributed by atoms with Gasteiger partial charge in [-0.1, -0.05) is 12.1 Å². The molecule has 0 atom stereocenters. The SMILES string of the molecule is CS(=O)(=O)Nc1ccc(-c2cnc3[nH]cc(-c4ccoc4)c3c2)cc1. The topological polar surface area (TPSA) is 88.0 Å². The number of fused-ring (bicyclic) bond motifs is 1. The van der Waals surface area contributed by atoms with Crippen molar-refractivity contribution in [3.63, 3.8) is 0 Å². The summed E-state index contributed by atoms with van der Waals surface area (Å²) in [5, 5.41) is 0.997. The average molecular weight is 353 g/mol. The molecule has 0 aliphatic heterocycles. The molecule has 0 saturated heterocycles. The van der Waals surface area contributed by atoms with Crippen LogP contribution in [0.1, 0.15) is 0 Å². The quantitative estimate of drug-likeness (QED) is 0.583. The Hall–Kier alpha value is -3.06. The summed E-state index contributed by atoms with van der Waals surface area (Å²) in [6.07, 6.45) is 8.16. The Morgan fingerprint density at radius 3 is 2.56 bits per heavy atom. The lowest BCUT2D eigenvalue weighted by Gasteiger charge is -2.06. The Balaban J connectivity index is 1.73. The number of aromatic amines is 1. The van der Waals surface area contributed by atoms with Crippen LogP contribution in [0.25, 0.3) is 33.3 Å². The monoisotopic (exact) mass is 353 g/mol. The number of hydrogen-bond acceptors (Lipinski definition) is 4. The molecule has 6 nitrogen and oxygen atoms in total. The molecule has 0 saturated carbocycles. The van der Waals surface area contributed by atoms with E-state index in [2.05, 4.69) is 20.8 Å². The van der Waals surface area contributed by atoms with Crippen LogP contribution in [0.2, 0.25) is 0 Å². The van der Waals surface area contributed by atoms with Gasteiger partial charge in [0, 0.05) is 40.2 Å². The van der Waals surface area contributed by atoms with E-state index < -0.39 is 10.0 Å². The number of nitrogens with zero attached hydrogens (tertiary/aromatic N) is 1. The van der Waals surface area contributed by atoms with Gasteiger partial charge in [0.2, 0.25) is 10.0 Å². The Morgan fingerprint density at radius 1 is 1.08 bits per heavy atom. The van der Waals surface area contributed by atoms with Crippen molar-refractivity contribution in [1.82, 2.24) is 9.97 Å². The van der Waals surface area contributed by atoms with Crippen LogP contribution in [0.4, 0.5) is 5.69 Å². The second-order valence-corrected chi connectivity index (χ2v) is 7.53. The van der Waals surface area contributed by atoms with Gasteiger partial charge in [-0.15, -0.1) is 0 Å². The first-order valence-corrected chi connectivity index (χ1v) is 9.47. The highest BCUT2D eigenvalue weighted by Crippen LogP contribution is 2.31. The van der Waals surface area contributed by atoms with Crippen molar-refractivity contribution in [2.45, 2.75) is 0 Å². The van der Waals surface area contributed by atoms with Crippen LogP contribution in [0.3, 0.4) is 0 Å². The first-order chi connectivity index (χ1) is 12.0. The molecule has 7 heteroatoms. The van der Waals surface area contributed by atoms with Crippen molar-refractivity contribution in [3.05, 3.63) is 61.3 Å². The summed E-state index contributed by atoms with van der Waals surface area (Å²) in [7, 11) is -3.28. The molecule has 0 aliphatic rings. The third kappa shape index (κ3) is 3.14. The zero-order chi connectivity index (χ0) is 17.4. The number of benzene rings is 1. The number of furan rings is 1. The van der Waals surface area contributed by atoms with Crippen LogP contribution in [0.5, 0.6) is 0 Å². The second kappa shape index (κ2) is 5.78. The van der Waals surface area contributed by atoms with Gasteiger partial charge in [0.15, 0.2) is 0 Å². The number of nitrogens with one attached hydrogen (secondary N) is 2. The van der Waals surface area contributed by atoms with Crippen LogP contribution in [-0.2, 0) is 10.0 Å². The van der Waals surface area contributed by atoms with Gasteiger partial charge in [0.1, 0.15) is 5.65 Å². The Kier molecular flexibility index (Phi) is 3.58. The van der Waals surface area contributed by atoms with Crippen LogP contribution in [0.15, 0.2) is 65.7 Å². The fraction of sp³-hybridized carbons (Fsp3) is 0.0556. The van der Waals surface area contributed by atoms with E-state index in [1.807, 2.05) is 24.4 Å². The lowest BCUT2D eigenvalue weighted by molar-refractivity contribution is 0.568. The third-order valence-corrected chi connectivity index (χ3v) is 4.49. The largest absolute Gasteiger partial charge is 0.472 e. The first kappa shape index (κ1) is 15.5. The van der Waals surface area contributed by atoms with E-state index in [1.54, 1.807) is 30.9 Å². The zero-order valence-electron chi connectivity index (χ0n) is 13.4. The molecule has 4 aromatic rings. The summed E-state index contributed by atoms with van der Waals surface area (Å²) in [5.74, 6) is 0. The van der Waals surface area contributed by atoms with Gasteiger partial charge in [-0.05, 0) is 29.8 Å². The van der Waals surface area contributed by atoms with Crippen molar-refractivity contribution in [2.75, 3.05) is 11.0 Å². The minimum Gasteiger partial charge on any atom is -0.472 e. The standard InChI is InChI=1S/C18H15N3O3S/c1-25(22,23)21-15-4-2-12(3-5-15)14-8-16-17(13-6-7-24-11-13)10-20-18(16)19-9-14/h2-11,21H,1H3,(H,19,20). The molecule has 0 spiro atoms. The highest BCUT2D eigenvalue weighted by Gasteiger charge is 2.10.